The molecule has 3 aromatic rings. The predicted molar refractivity (Wildman–Crippen MR) is 93.1 cm³/mol. The number of anilines is 1. The van der Waals surface area contributed by atoms with Gasteiger partial charge < -0.3 is 5.32 Å². The summed E-state index contributed by atoms with van der Waals surface area (Å²) in [5, 5.41) is 9.43. The van der Waals surface area contributed by atoms with E-state index in [4.69, 9.17) is 11.6 Å². The number of amides is 1. The number of nitrogens with one attached hydrogen (secondary N) is 1. The van der Waals surface area contributed by atoms with Crippen molar-refractivity contribution in [3.05, 3.63) is 63.8 Å². The molecule has 0 radical (unpaired) electrons. The maximum absolute atomic E-state index is 12.2. The van der Waals surface area contributed by atoms with Crippen molar-refractivity contribution in [3.63, 3.8) is 0 Å². The summed E-state index contributed by atoms with van der Waals surface area (Å²) < 4.78 is 1.57. The number of aromatic nitrogens is 3. The normalized spacial score (nSPS) is 11.0. The minimum Gasteiger partial charge on any atom is -0.321 e. The molecule has 0 aliphatic carbocycles. The van der Waals surface area contributed by atoms with Crippen LogP contribution in [0.5, 0.6) is 0 Å². The minimum atomic E-state index is -0.235. The van der Waals surface area contributed by atoms with Gasteiger partial charge in [0.05, 0.1) is 11.4 Å². The molecule has 3 rings (SSSR count). The molecular formula is C16H13ClN4OS. The first kappa shape index (κ1) is 15.5. The summed E-state index contributed by atoms with van der Waals surface area (Å²) in [4.78, 5) is 17.1. The Kier molecular flexibility index (Phi) is 4.55. The lowest BCUT2D eigenvalue weighted by Gasteiger charge is -2.10. The second-order valence-electron chi connectivity index (χ2n) is 4.79. The van der Waals surface area contributed by atoms with E-state index in [9.17, 15) is 4.79 Å². The molecule has 0 spiro atoms. The average Bonchev–Trinajstić information content (AvgIpc) is 3.17. The fraction of sp³-hybridized carbons (Fsp3) is 0.0625. The Balaban J connectivity index is 1.82. The quantitative estimate of drug-likeness (QED) is 0.729. The summed E-state index contributed by atoms with van der Waals surface area (Å²) in [6.45, 7) is 2.01. The molecule has 0 atom stereocenters. The Morgan fingerprint density at radius 1 is 1.39 bits per heavy atom. The van der Waals surface area contributed by atoms with Gasteiger partial charge in [-0.2, -0.15) is 5.10 Å². The lowest BCUT2D eigenvalue weighted by Crippen LogP contribution is -2.11. The molecule has 0 saturated heterocycles. The first-order valence-corrected chi connectivity index (χ1v) is 8.07. The van der Waals surface area contributed by atoms with Crippen LogP contribution >= 0.6 is 22.9 Å². The zero-order chi connectivity index (χ0) is 16.2. The Bertz CT molecular complexity index is 855. The van der Waals surface area contributed by atoms with Crippen molar-refractivity contribution in [1.82, 2.24) is 14.8 Å². The monoisotopic (exact) mass is 344 g/mol. The van der Waals surface area contributed by atoms with Crippen LogP contribution in [0.1, 0.15) is 10.4 Å². The van der Waals surface area contributed by atoms with Crippen molar-refractivity contribution in [2.45, 2.75) is 6.92 Å². The number of nitrogens with zero attached hydrogens (tertiary/aromatic N) is 3. The lowest BCUT2D eigenvalue weighted by atomic mass is 10.2. The summed E-state index contributed by atoms with van der Waals surface area (Å²) in [5.41, 5.74) is 2.41. The molecule has 2 heterocycles. The molecule has 0 unspecified atom stereocenters. The maximum atomic E-state index is 12.2. The molecular weight excluding hydrogens is 332 g/mol. The van der Waals surface area contributed by atoms with E-state index in [0.717, 1.165) is 10.4 Å². The van der Waals surface area contributed by atoms with E-state index in [1.165, 1.54) is 12.4 Å². The van der Waals surface area contributed by atoms with Gasteiger partial charge in [-0.05, 0) is 48.2 Å². The molecule has 0 fully saturated rings. The smallest absolute Gasteiger partial charge is 0.248 e. The molecule has 116 valence electrons. The second-order valence-corrected chi connectivity index (χ2v) is 6.18. The van der Waals surface area contributed by atoms with E-state index in [1.807, 2.05) is 18.4 Å². The Morgan fingerprint density at radius 3 is 2.96 bits per heavy atom. The van der Waals surface area contributed by atoms with Crippen LogP contribution in [-0.4, -0.2) is 20.7 Å². The summed E-state index contributed by atoms with van der Waals surface area (Å²) in [6, 6.07) is 7.21. The topological polar surface area (TPSA) is 59.8 Å². The standard InChI is InChI=1S/C16H13ClN4OS/c1-11-6-7-23-15(11)4-5-16(22)20-13-8-12(17)2-3-14(13)21-10-18-9-19-21/h2-10H,1H3,(H,20,22)/b5-4+. The van der Waals surface area contributed by atoms with E-state index in [0.29, 0.717) is 16.4 Å². The molecule has 5 nitrogen and oxygen atoms in total. The van der Waals surface area contributed by atoms with Crippen molar-refractivity contribution in [1.29, 1.82) is 0 Å². The Morgan fingerprint density at radius 2 is 2.26 bits per heavy atom. The average molecular weight is 345 g/mol. The molecule has 1 amide bonds. The number of hydrogen-bond acceptors (Lipinski definition) is 4. The SMILES string of the molecule is Cc1ccsc1/C=C/C(=O)Nc1cc(Cl)ccc1-n1cncn1. The first-order chi connectivity index (χ1) is 11.1. The third-order valence-corrected chi connectivity index (χ3v) is 4.39. The van der Waals surface area contributed by atoms with Gasteiger partial charge in [0.15, 0.2) is 0 Å². The minimum absolute atomic E-state index is 0.235. The molecule has 0 aliphatic heterocycles. The van der Waals surface area contributed by atoms with Gasteiger partial charge in [0.2, 0.25) is 5.91 Å². The van der Waals surface area contributed by atoms with Crippen molar-refractivity contribution in [2.24, 2.45) is 0 Å². The van der Waals surface area contributed by atoms with Crippen LogP contribution in [0.25, 0.3) is 11.8 Å². The van der Waals surface area contributed by atoms with E-state index >= 15 is 0 Å². The Hall–Kier alpha value is -2.44. The van der Waals surface area contributed by atoms with Gasteiger partial charge in [0.1, 0.15) is 12.7 Å². The highest BCUT2D eigenvalue weighted by atomic mass is 35.5. The number of carbonyl (C=O) groups excluding carboxylic acids is 1. The van der Waals surface area contributed by atoms with Crippen LogP contribution in [0, 0.1) is 6.92 Å². The fourth-order valence-electron chi connectivity index (χ4n) is 2.02. The summed E-state index contributed by atoms with van der Waals surface area (Å²) in [7, 11) is 0. The number of benzene rings is 1. The van der Waals surface area contributed by atoms with Gasteiger partial charge in [0.25, 0.3) is 0 Å². The fourth-order valence-corrected chi connectivity index (χ4v) is 3.01. The molecule has 0 bridgehead atoms. The van der Waals surface area contributed by atoms with Crippen molar-refractivity contribution >= 4 is 40.6 Å². The van der Waals surface area contributed by atoms with E-state index in [-0.39, 0.29) is 5.91 Å². The third kappa shape index (κ3) is 3.67. The maximum Gasteiger partial charge on any atom is 0.248 e. The first-order valence-electron chi connectivity index (χ1n) is 6.81. The van der Waals surface area contributed by atoms with Crippen LogP contribution < -0.4 is 5.32 Å². The van der Waals surface area contributed by atoms with Crippen LogP contribution in [0.15, 0.2) is 48.4 Å². The highest BCUT2D eigenvalue weighted by Crippen LogP contribution is 2.24. The highest BCUT2D eigenvalue weighted by molar-refractivity contribution is 7.11. The molecule has 1 aromatic carbocycles. The zero-order valence-corrected chi connectivity index (χ0v) is 13.8. The van der Waals surface area contributed by atoms with Crippen molar-refractivity contribution < 1.29 is 4.79 Å². The van der Waals surface area contributed by atoms with Crippen molar-refractivity contribution in [3.8, 4) is 5.69 Å². The largest absolute Gasteiger partial charge is 0.321 e. The van der Waals surface area contributed by atoms with Gasteiger partial charge in [0, 0.05) is 16.0 Å². The van der Waals surface area contributed by atoms with Crippen LogP contribution in [0.2, 0.25) is 5.02 Å². The van der Waals surface area contributed by atoms with Gasteiger partial charge in [-0.15, -0.1) is 11.3 Å². The number of carbonyl (C=O) groups is 1. The van der Waals surface area contributed by atoms with Crippen LogP contribution in [0.4, 0.5) is 5.69 Å². The molecule has 7 heteroatoms. The number of aryl methyl sites for hydroxylation is 1. The molecule has 0 saturated carbocycles. The summed E-state index contributed by atoms with van der Waals surface area (Å²) >= 11 is 7.62. The third-order valence-electron chi connectivity index (χ3n) is 3.17. The van der Waals surface area contributed by atoms with E-state index in [2.05, 4.69) is 15.4 Å². The lowest BCUT2D eigenvalue weighted by molar-refractivity contribution is -0.111. The van der Waals surface area contributed by atoms with Gasteiger partial charge in [-0.25, -0.2) is 9.67 Å². The Labute approximate surface area is 142 Å². The molecule has 1 N–H and O–H groups in total. The summed E-state index contributed by atoms with van der Waals surface area (Å²) in [6.07, 6.45) is 6.29. The summed E-state index contributed by atoms with van der Waals surface area (Å²) in [5.74, 6) is -0.235. The van der Waals surface area contributed by atoms with E-state index < -0.39 is 0 Å². The van der Waals surface area contributed by atoms with Crippen LogP contribution in [0.3, 0.4) is 0 Å². The number of thiophene rings is 1. The predicted octanol–water partition coefficient (Wildman–Crippen LogP) is 3.94. The highest BCUT2D eigenvalue weighted by Gasteiger charge is 2.08. The molecule has 0 aliphatic rings. The van der Waals surface area contributed by atoms with Gasteiger partial charge in [-0.1, -0.05) is 11.6 Å². The van der Waals surface area contributed by atoms with Crippen LogP contribution in [-0.2, 0) is 4.79 Å². The number of hydrogen-bond donors (Lipinski definition) is 1. The zero-order valence-electron chi connectivity index (χ0n) is 12.2. The van der Waals surface area contributed by atoms with Gasteiger partial charge >= 0.3 is 0 Å². The molecule has 23 heavy (non-hydrogen) atoms. The van der Waals surface area contributed by atoms with Crippen molar-refractivity contribution in [2.75, 3.05) is 5.32 Å². The number of halogens is 1. The van der Waals surface area contributed by atoms with Gasteiger partial charge in [-0.3, -0.25) is 4.79 Å². The molecule has 2 aromatic heterocycles. The second kappa shape index (κ2) is 6.76. The van der Waals surface area contributed by atoms with E-state index in [1.54, 1.807) is 46.6 Å². The number of rotatable bonds is 4.